The van der Waals surface area contributed by atoms with Crippen LogP contribution in [0.2, 0.25) is 0 Å². The van der Waals surface area contributed by atoms with Gasteiger partial charge in [0.1, 0.15) is 5.75 Å². The zero-order valence-corrected chi connectivity index (χ0v) is 13.7. The maximum Gasteiger partial charge on any atom is 0.115 e. The van der Waals surface area contributed by atoms with E-state index in [4.69, 9.17) is 5.73 Å². The number of benzene rings is 3. The van der Waals surface area contributed by atoms with Crippen LogP contribution >= 0.6 is 0 Å². The number of phenolic OH excluding ortho intramolecular Hbond substituents is 1. The van der Waals surface area contributed by atoms with E-state index in [1.807, 2.05) is 43.3 Å². The molecule has 0 bridgehead atoms. The lowest BCUT2D eigenvalue weighted by atomic mass is 10.2. The van der Waals surface area contributed by atoms with Gasteiger partial charge in [-0.05, 0) is 79.2 Å². The topological polar surface area (TPSA) is 95.7 Å². The number of phenols is 1. The zero-order chi connectivity index (χ0) is 17.6. The maximum absolute atomic E-state index is 9.24. The average Bonchev–Trinajstić information content (AvgIpc) is 2.61. The lowest BCUT2D eigenvalue weighted by Crippen LogP contribution is -1.84. The highest BCUT2D eigenvalue weighted by Crippen LogP contribution is 2.26. The summed E-state index contributed by atoms with van der Waals surface area (Å²) >= 11 is 0. The first-order valence-electron chi connectivity index (χ1n) is 7.69. The van der Waals surface area contributed by atoms with Gasteiger partial charge in [0, 0.05) is 5.69 Å². The Morgan fingerprint density at radius 3 is 1.68 bits per heavy atom. The van der Waals surface area contributed by atoms with Crippen molar-refractivity contribution >= 4 is 28.4 Å². The van der Waals surface area contributed by atoms with Crippen molar-refractivity contribution in [2.75, 3.05) is 5.73 Å². The highest BCUT2D eigenvalue weighted by Gasteiger charge is 1.98. The molecule has 0 saturated carbocycles. The molecule has 3 aromatic carbocycles. The summed E-state index contributed by atoms with van der Waals surface area (Å²) in [5.74, 6) is 0.199. The Hall–Kier alpha value is -3.54. The Balaban J connectivity index is 1.69. The number of azo groups is 2. The fourth-order valence-electron chi connectivity index (χ4n) is 2.12. The Morgan fingerprint density at radius 1 is 0.680 bits per heavy atom. The lowest BCUT2D eigenvalue weighted by molar-refractivity contribution is 0.475. The molecule has 6 heteroatoms. The molecule has 0 unspecified atom stereocenters. The summed E-state index contributed by atoms with van der Waals surface area (Å²) in [7, 11) is 0. The number of nitrogen functional groups attached to an aromatic ring is 1. The number of hydrogen-bond donors (Lipinski definition) is 2. The molecule has 0 aliphatic rings. The lowest BCUT2D eigenvalue weighted by Gasteiger charge is -2.00. The third-order valence-electron chi connectivity index (χ3n) is 3.47. The summed E-state index contributed by atoms with van der Waals surface area (Å²) in [6.07, 6.45) is 0. The van der Waals surface area contributed by atoms with E-state index in [1.165, 1.54) is 0 Å². The Kier molecular flexibility index (Phi) is 4.80. The largest absolute Gasteiger partial charge is 0.508 e. The molecule has 0 fully saturated rings. The Labute approximate surface area is 145 Å². The first-order chi connectivity index (χ1) is 12.1. The van der Waals surface area contributed by atoms with Crippen LogP contribution in [-0.4, -0.2) is 5.11 Å². The maximum atomic E-state index is 9.24. The van der Waals surface area contributed by atoms with E-state index < -0.39 is 0 Å². The highest BCUT2D eigenvalue weighted by molar-refractivity contribution is 5.54. The molecule has 0 heterocycles. The molecule has 6 nitrogen and oxygen atoms in total. The van der Waals surface area contributed by atoms with Crippen molar-refractivity contribution in [3.8, 4) is 5.75 Å². The van der Waals surface area contributed by atoms with Gasteiger partial charge in [0.2, 0.25) is 0 Å². The zero-order valence-electron chi connectivity index (χ0n) is 13.7. The van der Waals surface area contributed by atoms with Gasteiger partial charge in [-0.1, -0.05) is 0 Å². The molecule has 0 aliphatic heterocycles. The second-order valence-corrected chi connectivity index (χ2v) is 5.48. The molecule has 0 saturated heterocycles. The molecule has 0 atom stereocenters. The van der Waals surface area contributed by atoms with Crippen LogP contribution in [0.15, 0.2) is 87.2 Å². The van der Waals surface area contributed by atoms with Crippen LogP contribution in [0.1, 0.15) is 5.56 Å². The summed E-state index contributed by atoms with van der Waals surface area (Å²) in [6.45, 7) is 1.94. The van der Waals surface area contributed by atoms with E-state index in [0.29, 0.717) is 17.1 Å². The number of nitrogens with two attached hydrogens (primary N) is 1. The number of rotatable bonds is 4. The molecule has 0 radical (unpaired) electrons. The summed E-state index contributed by atoms with van der Waals surface area (Å²) in [4.78, 5) is 0. The van der Waals surface area contributed by atoms with Crippen LogP contribution in [-0.2, 0) is 0 Å². The van der Waals surface area contributed by atoms with Gasteiger partial charge in [0.25, 0.3) is 0 Å². The second-order valence-electron chi connectivity index (χ2n) is 5.48. The van der Waals surface area contributed by atoms with E-state index in [0.717, 1.165) is 16.9 Å². The van der Waals surface area contributed by atoms with Crippen molar-refractivity contribution in [1.82, 2.24) is 0 Å². The van der Waals surface area contributed by atoms with Gasteiger partial charge in [-0.2, -0.15) is 20.5 Å². The minimum absolute atomic E-state index is 0.199. The van der Waals surface area contributed by atoms with E-state index >= 15 is 0 Å². The summed E-state index contributed by atoms with van der Waals surface area (Å²) in [5, 5.41) is 26.0. The van der Waals surface area contributed by atoms with Crippen LogP contribution < -0.4 is 5.73 Å². The van der Waals surface area contributed by atoms with E-state index in [-0.39, 0.29) is 5.75 Å². The molecular formula is C19H17N5O. The third-order valence-corrected chi connectivity index (χ3v) is 3.47. The average molecular weight is 331 g/mol. The van der Waals surface area contributed by atoms with Gasteiger partial charge >= 0.3 is 0 Å². The predicted octanol–water partition coefficient (Wildman–Crippen LogP) is 6.11. The summed E-state index contributed by atoms with van der Waals surface area (Å²) < 4.78 is 0. The standard InChI is InChI=1S/C19H17N5O/c1-13-12-14(20)2-11-19(13)24-23-16-5-3-15(4-6-16)21-22-17-7-9-18(25)10-8-17/h2-12,25H,20H2,1H3. The number of nitrogens with zero attached hydrogens (tertiary/aromatic N) is 4. The van der Waals surface area contributed by atoms with Crippen LogP contribution in [0.25, 0.3) is 0 Å². The molecule has 0 aliphatic carbocycles. The van der Waals surface area contributed by atoms with Gasteiger partial charge in [-0.25, -0.2) is 0 Å². The van der Waals surface area contributed by atoms with Crippen LogP contribution in [0.4, 0.5) is 28.4 Å². The van der Waals surface area contributed by atoms with E-state index in [9.17, 15) is 5.11 Å². The van der Waals surface area contributed by atoms with Gasteiger partial charge in [-0.3, -0.25) is 0 Å². The minimum atomic E-state index is 0.199. The normalized spacial score (nSPS) is 11.4. The molecule has 25 heavy (non-hydrogen) atoms. The fourth-order valence-corrected chi connectivity index (χ4v) is 2.12. The fraction of sp³-hybridized carbons (Fsp3) is 0.0526. The van der Waals surface area contributed by atoms with Gasteiger partial charge in [0.15, 0.2) is 0 Å². The van der Waals surface area contributed by atoms with E-state index in [2.05, 4.69) is 20.5 Å². The quantitative estimate of drug-likeness (QED) is 0.445. The van der Waals surface area contributed by atoms with Gasteiger partial charge in [-0.15, -0.1) is 0 Å². The molecule has 3 N–H and O–H groups in total. The molecule has 0 spiro atoms. The molecule has 0 amide bonds. The number of anilines is 1. The molecule has 124 valence electrons. The number of aromatic hydroxyl groups is 1. The summed E-state index contributed by atoms with van der Waals surface area (Å²) in [6, 6.07) is 19.3. The minimum Gasteiger partial charge on any atom is -0.508 e. The van der Waals surface area contributed by atoms with Gasteiger partial charge in [0.05, 0.1) is 22.7 Å². The Bertz CT molecular complexity index is 916. The Morgan fingerprint density at radius 2 is 1.16 bits per heavy atom. The summed E-state index contributed by atoms with van der Waals surface area (Å²) in [5.41, 5.74) is 10.3. The van der Waals surface area contributed by atoms with Crippen molar-refractivity contribution in [2.45, 2.75) is 6.92 Å². The first-order valence-corrected chi connectivity index (χ1v) is 7.69. The monoisotopic (exact) mass is 331 g/mol. The highest BCUT2D eigenvalue weighted by atomic mass is 16.3. The van der Waals surface area contributed by atoms with Crippen molar-refractivity contribution in [2.24, 2.45) is 20.5 Å². The van der Waals surface area contributed by atoms with Crippen molar-refractivity contribution in [1.29, 1.82) is 0 Å². The van der Waals surface area contributed by atoms with Crippen LogP contribution in [0.3, 0.4) is 0 Å². The molecule has 0 aromatic heterocycles. The van der Waals surface area contributed by atoms with Crippen molar-refractivity contribution < 1.29 is 5.11 Å². The smallest absolute Gasteiger partial charge is 0.115 e. The number of hydrogen-bond acceptors (Lipinski definition) is 6. The van der Waals surface area contributed by atoms with Crippen LogP contribution in [0.5, 0.6) is 5.75 Å². The van der Waals surface area contributed by atoms with Crippen LogP contribution in [0, 0.1) is 6.92 Å². The second kappa shape index (κ2) is 7.35. The number of aryl methyl sites for hydroxylation is 1. The van der Waals surface area contributed by atoms with E-state index in [1.54, 1.807) is 30.3 Å². The molecule has 3 aromatic rings. The van der Waals surface area contributed by atoms with Crippen molar-refractivity contribution in [3.05, 3.63) is 72.3 Å². The predicted molar refractivity (Wildman–Crippen MR) is 98.5 cm³/mol. The molecule has 3 rings (SSSR count). The molecular weight excluding hydrogens is 314 g/mol. The third kappa shape index (κ3) is 4.48. The van der Waals surface area contributed by atoms with Crippen molar-refractivity contribution in [3.63, 3.8) is 0 Å². The first kappa shape index (κ1) is 16.3. The van der Waals surface area contributed by atoms with Gasteiger partial charge < -0.3 is 10.8 Å². The SMILES string of the molecule is Cc1cc(N)ccc1N=Nc1ccc(N=Nc2ccc(O)cc2)cc1.